The standard InChI is InChI=1S/C23H22N6/c1-14-10-17-11-18(8-9-20(17)27-14)28-22-16(13-26-23(24)29-22)7-6-15-12-25-21-5-3-2-4-19(15)21/h2-5,8-13,25,27H,6-7H2,1H3,(H3,24,26,28,29). The third-order valence-electron chi connectivity index (χ3n) is 5.24. The van der Waals surface area contributed by atoms with E-state index in [4.69, 9.17) is 5.73 Å². The topological polar surface area (TPSA) is 95.4 Å². The summed E-state index contributed by atoms with van der Waals surface area (Å²) in [4.78, 5) is 15.3. The zero-order valence-corrected chi connectivity index (χ0v) is 16.2. The van der Waals surface area contributed by atoms with Crippen molar-refractivity contribution in [2.45, 2.75) is 19.8 Å². The average molecular weight is 382 g/mol. The molecular weight excluding hydrogens is 360 g/mol. The molecule has 0 aliphatic rings. The molecule has 2 aromatic carbocycles. The molecule has 0 aliphatic carbocycles. The van der Waals surface area contributed by atoms with Crippen molar-refractivity contribution in [1.82, 2.24) is 19.9 Å². The lowest BCUT2D eigenvalue weighted by Gasteiger charge is -2.11. The molecule has 29 heavy (non-hydrogen) atoms. The van der Waals surface area contributed by atoms with Crippen molar-refractivity contribution < 1.29 is 0 Å². The predicted octanol–water partition coefficient (Wildman–Crippen LogP) is 4.86. The molecule has 0 bridgehead atoms. The number of anilines is 3. The first-order chi connectivity index (χ1) is 14.2. The zero-order chi connectivity index (χ0) is 19.8. The fraction of sp³-hybridized carbons (Fsp3) is 0.130. The van der Waals surface area contributed by atoms with Crippen molar-refractivity contribution in [3.8, 4) is 0 Å². The van der Waals surface area contributed by atoms with E-state index in [0.29, 0.717) is 0 Å². The van der Waals surface area contributed by atoms with E-state index >= 15 is 0 Å². The van der Waals surface area contributed by atoms with Gasteiger partial charge in [0, 0.05) is 51.1 Å². The number of benzene rings is 2. The minimum Gasteiger partial charge on any atom is -0.368 e. The third kappa shape index (κ3) is 3.40. The van der Waals surface area contributed by atoms with Crippen molar-refractivity contribution in [2.24, 2.45) is 0 Å². The van der Waals surface area contributed by atoms with E-state index in [-0.39, 0.29) is 5.95 Å². The number of H-pyrrole nitrogens is 2. The molecule has 6 nitrogen and oxygen atoms in total. The third-order valence-corrected chi connectivity index (χ3v) is 5.24. The molecule has 144 valence electrons. The molecule has 3 aromatic heterocycles. The van der Waals surface area contributed by atoms with Crippen LogP contribution in [0.1, 0.15) is 16.8 Å². The molecule has 0 amide bonds. The SMILES string of the molecule is Cc1cc2cc(Nc3nc(N)ncc3CCc3c[nH]c4ccccc34)ccc2[nH]1. The molecule has 0 fully saturated rings. The molecule has 5 aromatic rings. The molecule has 0 saturated heterocycles. The van der Waals surface area contributed by atoms with Gasteiger partial charge in [0.25, 0.3) is 0 Å². The largest absolute Gasteiger partial charge is 0.368 e. The number of hydrogen-bond donors (Lipinski definition) is 4. The summed E-state index contributed by atoms with van der Waals surface area (Å²) in [7, 11) is 0. The number of nitrogens with one attached hydrogen (secondary N) is 3. The molecule has 0 aliphatic heterocycles. The molecule has 0 unspecified atom stereocenters. The van der Waals surface area contributed by atoms with E-state index in [1.807, 2.05) is 18.3 Å². The Labute approximate surface area is 168 Å². The van der Waals surface area contributed by atoms with Gasteiger partial charge in [-0.2, -0.15) is 4.98 Å². The number of rotatable bonds is 5. The number of aryl methyl sites for hydroxylation is 3. The molecular formula is C23H22N6. The average Bonchev–Trinajstić information content (AvgIpc) is 3.29. The Morgan fingerprint density at radius 3 is 2.79 bits per heavy atom. The van der Waals surface area contributed by atoms with Crippen LogP contribution in [0.25, 0.3) is 21.8 Å². The van der Waals surface area contributed by atoms with E-state index in [9.17, 15) is 0 Å². The van der Waals surface area contributed by atoms with Gasteiger partial charge < -0.3 is 21.0 Å². The van der Waals surface area contributed by atoms with Crippen molar-refractivity contribution in [1.29, 1.82) is 0 Å². The fourth-order valence-electron chi connectivity index (χ4n) is 3.81. The normalized spacial score (nSPS) is 11.3. The number of aromatic amines is 2. The Bertz CT molecular complexity index is 1310. The van der Waals surface area contributed by atoms with Crippen molar-refractivity contribution in [3.05, 3.63) is 77.7 Å². The second-order valence-electron chi connectivity index (χ2n) is 7.34. The molecule has 0 atom stereocenters. The molecule has 6 heteroatoms. The van der Waals surface area contributed by atoms with Crippen LogP contribution in [-0.2, 0) is 12.8 Å². The Hall–Kier alpha value is -3.80. The van der Waals surface area contributed by atoms with Gasteiger partial charge in [-0.3, -0.25) is 0 Å². The van der Waals surface area contributed by atoms with Crippen LogP contribution in [0.4, 0.5) is 17.5 Å². The summed E-state index contributed by atoms with van der Waals surface area (Å²) in [5.74, 6) is 1.02. The number of nitrogens with two attached hydrogens (primary N) is 1. The molecule has 0 spiro atoms. The molecule has 0 radical (unpaired) electrons. The van der Waals surface area contributed by atoms with Crippen LogP contribution in [0.5, 0.6) is 0 Å². The maximum Gasteiger partial charge on any atom is 0.221 e. The number of aromatic nitrogens is 4. The summed E-state index contributed by atoms with van der Waals surface area (Å²) in [5, 5.41) is 5.85. The molecule has 5 N–H and O–H groups in total. The van der Waals surface area contributed by atoms with Gasteiger partial charge in [0.05, 0.1) is 0 Å². The number of nitrogen functional groups attached to an aromatic ring is 1. The van der Waals surface area contributed by atoms with Crippen LogP contribution in [0, 0.1) is 6.92 Å². The van der Waals surface area contributed by atoms with Crippen LogP contribution < -0.4 is 11.1 Å². The minimum absolute atomic E-state index is 0.266. The van der Waals surface area contributed by atoms with Gasteiger partial charge in [0.1, 0.15) is 5.82 Å². The summed E-state index contributed by atoms with van der Waals surface area (Å²) in [5.41, 5.74) is 12.6. The molecule has 0 saturated carbocycles. The quantitative estimate of drug-likeness (QED) is 0.349. The summed E-state index contributed by atoms with van der Waals surface area (Å²) in [6, 6.07) is 16.7. The van der Waals surface area contributed by atoms with Crippen LogP contribution in [-0.4, -0.2) is 19.9 Å². The maximum atomic E-state index is 5.87. The number of para-hydroxylation sites is 1. The number of fused-ring (bicyclic) bond motifs is 2. The summed E-state index contributed by atoms with van der Waals surface area (Å²) >= 11 is 0. The highest BCUT2D eigenvalue weighted by Gasteiger charge is 2.10. The zero-order valence-electron chi connectivity index (χ0n) is 16.2. The first-order valence-electron chi connectivity index (χ1n) is 9.68. The van der Waals surface area contributed by atoms with E-state index < -0.39 is 0 Å². The van der Waals surface area contributed by atoms with Gasteiger partial charge in [0.2, 0.25) is 5.95 Å². The Kier molecular flexibility index (Phi) is 4.17. The fourth-order valence-corrected chi connectivity index (χ4v) is 3.81. The highest BCUT2D eigenvalue weighted by atomic mass is 15.1. The lowest BCUT2D eigenvalue weighted by molar-refractivity contribution is 0.945. The maximum absolute atomic E-state index is 5.87. The van der Waals surface area contributed by atoms with Crippen LogP contribution in [0.15, 0.2) is 60.9 Å². The van der Waals surface area contributed by atoms with Crippen LogP contribution in [0.2, 0.25) is 0 Å². The van der Waals surface area contributed by atoms with Crippen LogP contribution in [0.3, 0.4) is 0 Å². The van der Waals surface area contributed by atoms with Crippen molar-refractivity contribution in [2.75, 3.05) is 11.1 Å². The van der Waals surface area contributed by atoms with E-state index in [1.54, 1.807) is 0 Å². The highest BCUT2D eigenvalue weighted by molar-refractivity contribution is 5.85. The predicted molar refractivity (Wildman–Crippen MR) is 118 cm³/mol. The number of nitrogens with zero attached hydrogens (tertiary/aromatic N) is 2. The highest BCUT2D eigenvalue weighted by Crippen LogP contribution is 2.26. The van der Waals surface area contributed by atoms with Gasteiger partial charge in [-0.25, -0.2) is 4.98 Å². The lowest BCUT2D eigenvalue weighted by Crippen LogP contribution is -2.05. The Morgan fingerprint density at radius 1 is 1.00 bits per heavy atom. The van der Waals surface area contributed by atoms with Crippen molar-refractivity contribution in [3.63, 3.8) is 0 Å². The second kappa shape index (κ2) is 6.98. The first kappa shape index (κ1) is 17.3. The second-order valence-corrected chi connectivity index (χ2v) is 7.34. The van der Waals surface area contributed by atoms with Gasteiger partial charge >= 0.3 is 0 Å². The summed E-state index contributed by atoms with van der Waals surface area (Å²) < 4.78 is 0. The van der Waals surface area contributed by atoms with Gasteiger partial charge in [-0.1, -0.05) is 18.2 Å². The summed E-state index contributed by atoms with van der Waals surface area (Å²) in [6.07, 6.45) is 5.61. The van der Waals surface area contributed by atoms with Gasteiger partial charge in [-0.05, 0) is 55.7 Å². The molecule has 5 rings (SSSR count). The van der Waals surface area contributed by atoms with Crippen LogP contribution >= 0.6 is 0 Å². The first-order valence-corrected chi connectivity index (χ1v) is 9.68. The Morgan fingerprint density at radius 2 is 1.86 bits per heavy atom. The smallest absolute Gasteiger partial charge is 0.221 e. The van der Waals surface area contributed by atoms with E-state index in [0.717, 1.165) is 52.0 Å². The Balaban J connectivity index is 1.41. The lowest BCUT2D eigenvalue weighted by atomic mass is 10.0. The number of hydrogen-bond acceptors (Lipinski definition) is 4. The van der Waals surface area contributed by atoms with E-state index in [2.05, 4.69) is 74.8 Å². The molecule has 3 heterocycles. The minimum atomic E-state index is 0.266. The monoisotopic (exact) mass is 382 g/mol. The summed E-state index contributed by atoms with van der Waals surface area (Å²) in [6.45, 7) is 2.06. The van der Waals surface area contributed by atoms with Gasteiger partial charge in [-0.15, -0.1) is 0 Å². The van der Waals surface area contributed by atoms with Gasteiger partial charge in [0.15, 0.2) is 0 Å². The van der Waals surface area contributed by atoms with E-state index in [1.165, 1.54) is 10.9 Å². The van der Waals surface area contributed by atoms with Crippen molar-refractivity contribution >= 4 is 39.3 Å².